The summed E-state index contributed by atoms with van der Waals surface area (Å²) in [6.07, 6.45) is 4.31. The minimum atomic E-state index is 0.155. The lowest BCUT2D eigenvalue weighted by Crippen LogP contribution is -2.09. The minimum Gasteiger partial charge on any atom is -0.507 e. The van der Waals surface area contributed by atoms with E-state index in [9.17, 15) is 5.11 Å². The maximum atomic E-state index is 9.81. The average Bonchev–Trinajstić information content (AvgIpc) is 2.90. The van der Waals surface area contributed by atoms with Crippen molar-refractivity contribution >= 4 is 5.71 Å². The van der Waals surface area contributed by atoms with Gasteiger partial charge >= 0.3 is 0 Å². The van der Waals surface area contributed by atoms with Crippen LogP contribution in [0.2, 0.25) is 0 Å². The van der Waals surface area contributed by atoms with Crippen LogP contribution in [0.1, 0.15) is 23.6 Å². The molecule has 2 aromatic rings. The highest BCUT2D eigenvalue weighted by Gasteiger charge is 2.22. The Morgan fingerprint density at radius 3 is 2.67 bits per heavy atom. The molecule has 1 aromatic heterocycles. The average molecular weight is 239 g/mol. The summed E-state index contributed by atoms with van der Waals surface area (Å²) in [4.78, 5) is 4.00. The molecule has 1 unspecified atom stereocenters. The number of aromatic nitrogens is 1. The van der Waals surface area contributed by atoms with Crippen molar-refractivity contribution in [3.63, 3.8) is 0 Å². The third kappa shape index (κ3) is 1.93. The third-order valence-corrected chi connectivity index (χ3v) is 3.08. The highest BCUT2D eigenvalue weighted by Crippen LogP contribution is 2.27. The van der Waals surface area contributed by atoms with Gasteiger partial charge in [0.05, 0.1) is 11.8 Å². The molecule has 0 amide bonds. The lowest BCUT2D eigenvalue weighted by atomic mass is 9.99. The molecule has 1 aliphatic heterocycles. The Balaban J connectivity index is 1.82. The first kappa shape index (κ1) is 10.8. The van der Waals surface area contributed by atoms with Gasteiger partial charge in [-0.1, -0.05) is 12.1 Å². The van der Waals surface area contributed by atoms with Crippen LogP contribution in [-0.4, -0.2) is 15.8 Å². The van der Waals surface area contributed by atoms with E-state index in [1.165, 1.54) is 0 Å². The zero-order valence-electron chi connectivity index (χ0n) is 9.74. The van der Waals surface area contributed by atoms with Crippen LogP contribution in [0.15, 0.2) is 53.9 Å². The SMILES string of the molecule is Oc1ccccc1C1=NNC(c2ccncc2)C1. The molecule has 2 heterocycles. The second-order valence-electron chi connectivity index (χ2n) is 4.24. The number of rotatable bonds is 2. The molecule has 0 radical (unpaired) electrons. The van der Waals surface area contributed by atoms with E-state index in [0.29, 0.717) is 0 Å². The Morgan fingerprint density at radius 1 is 1.11 bits per heavy atom. The molecule has 1 aromatic carbocycles. The molecule has 0 saturated heterocycles. The van der Waals surface area contributed by atoms with E-state index in [-0.39, 0.29) is 11.8 Å². The molecule has 0 bridgehead atoms. The number of phenolic OH excluding ortho intramolecular Hbond substituents is 1. The molecular formula is C14H13N3O. The van der Waals surface area contributed by atoms with Crippen molar-refractivity contribution in [1.82, 2.24) is 10.4 Å². The fourth-order valence-electron chi connectivity index (χ4n) is 2.12. The number of para-hydroxylation sites is 1. The van der Waals surface area contributed by atoms with Gasteiger partial charge < -0.3 is 10.5 Å². The lowest BCUT2D eigenvalue weighted by Gasteiger charge is -2.09. The predicted octanol–water partition coefficient (Wildman–Crippen LogP) is 2.23. The Kier molecular flexibility index (Phi) is 2.68. The summed E-state index contributed by atoms with van der Waals surface area (Å²) in [6, 6.07) is 11.4. The lowest BCUT2D eigenvalue weighted by molar-refractivity contribution is 0.474. The van der Waals surface area contributed by atoms with E-state index in [4.69, 9.17) is 0 Å². The third-order valence-electron chi connectivity index (χ3n) is 3.08. The van der Waals surface area contributed by atoms with Crippen LogP contribution in [0.25, 0.3) is 0 Å². The molecule has 0 aliphatic carbocycles. The van der Waals surface area contributed by atoms with Crippen LogP contribution in [0.3, 0.4) is 0 Å². The molecule has 18 heavy (non-hydrogen) atoms. The monoisotopic (exact) mass is 239 g/mol. The summed E-state index contributed by atoms with van der Waals surface area (Å²) in [6.45, 7) is 0. The second-order valence-corrected chi connectivity index (χ2v) is 4.24. The number of hydrogen-bond donors (Lipinski definition) is 2. The molecule has 1 atom stereocenters. The van der Waals surface area contributed by atoms with Crippen molar-refractivity contribution in [2.75, 3.05) is 0 Å². The van der Waals surface area contributed by atoms with Gasteiger partial charge in [0.15, 0.2) is 0 Å². The maximum absolute atomic E-state index is 9.81. The van der Waals surface area contributed by atoms with Crippen LogP contribution in [-0.2, 0) is 0 Å². The first-order valence-corrected chi connectivity index (χ1v) is 5.85. The molecule has 3 rings (SSSR count). The number of aromatic hydroxyl groups is 1. The van der Waals surface area contributed by atoms with Gasteiger partial charge in [0.1, 0.15) is 5.75 Å². The molecule has 90 valence electrons. The smallest absolute Gasteiger partial charge is 0.124 e. The molecular weight excluding hydrogens is 226 g/mol. The van der Waals surface area contributed by atoms with Crippen molar-refractivity contribution in [3.8, 4) is 5.75 Å². The molecule has 2 N–H and O–H groups in total. The van der Waals surface area contributed by atoms with E-state index in [0.717, 1.165) is 23.3 Å². The summed E-state index contributed by atoms with van der Waals surface area (Å²) >= 11 is 0. The van der Waals surface area contributed by atoms with E-state index in [1.54, 1.807) is 18.5 Å². The fraction of sp³-hybridized carbons (Fsp3) is 0.143. The molecule has 0 spiro atoms. The number of benzene rings is 1. The highest BCUT2D eigenvalue weighted by atomic mass is 16.3. The van der Waals surface area contributed by atoms with Crippen molar-refractivity contribution < 1.29 is 5.11 Å². The van der Waals surface area contributed by atoms with Gasteiger partial charge in [-0.05, 0) is 29.8 Å². The molecule has 1 aliphatic rings. The van der Waals surface area contributed by atoms with E-state index in [1.807, 2.05) is 30.3 Å². The predicted molar refractivity (Wildman–Crippen MR) is 69.4 cm³/mol. The molecule has 4 heteroatoms. The van der Waals surface area contributed by atoms with Gasteiger partial charge in [0.2, 0.25) is 0 Å². The van der Waals surface area contributed by atoms with Gasteiger partial charge in [-0.25, -0.2) is 0 Å². The summed E-state index contributed by atoms with van der Waals surface area (Å²) in [5, 5.41) is 14.1. The first-order chi connectivity index (χ1) is 8.84. The Morgan fingerprint density at radius 2 is 1.89 bits per heavy atom. The van der Waals surface area contributed by atoms with E-state index in [2.05, 4.69) is 15.5 Å². The summed E-state index contributed by atoms with van der Waals surface area (Å²) in [5.41, 5.74) is 5.93. The van der Waals surface area contributed by atoms with Crippen LogP contribution in [0.5, 0.6) is 5.75 Å². The van der Waals surface area contributed by atoms with Crippen molar-refractivity contribution in [1.29, 1.82) is 0 Å². The van der Waals surface area contributed by atoms with Gasteiger partial charge in [0.25, 0.3) is 0 Å². The van der Waals surface area contributed by atoms with Crippen molar-refractivity contribution in [3.05, 3.63) is 59.9 Å². The summed E-state index contributed by atoms with van der Waals surface area (Å²) in [5.74, 6) is 0.272. The van der Waals surface area contributed by atoms with Gasteiger partial charge in [-0.3, -0.25) is 4.98 Å². The summed E-state index contributed by atoms with van der Waals surface area (Å²) < 4.78 is 0. The van der Waals surface area contributed by atoms with Crippen LogP contribution in [0, 0.1) is 0 Å². The minimum absolute atomic E-state index is 0.155. The number of hydrogen-bond acceptors (Lipinski definition) is 4. The van der Waals surface area contributed by atoms with Crippen LogP contribution in [0.4, 0.5) is 0 Å². The Bertz CT molecular complexity index is 581. The highest BCUT2D eigenvalue weighted by molar-refractivity contribution is 6.03. The quantitative estimate of drug-likeness (QED) is 0.844. The van der Waals surface area contributed by atoms with E-state index < -0.39 is 0 Å². The number of pyridine rings is 1. The standard InChI is InChI=1S/C14H13N3O/c18-14-4-2-1-3-11(14)13-9-12(16-17-13)10-5-7-15-8-6-10/h1-8,12,16,18H,9H2. The van der Waals surface area contributed by atoms with Gasteiger partial charge in [-0.2, -0.15) is 5.10 Å². The number of nitrogens with one attached hydrogen (secondary N) is 1. The normalized spacial score (nSPS) is 18.2. The van der Waals surface area contributed by atoms with Crippen LogP contribution >= 0.6 is 0 Å². The summed E-state index contributed by atoms with van der Waals surface area (Å²) in [7, 11) is 0. The zero-order valence-corrected chi connectivity index (χ0v) is 9.74. The van der Waals surface area contributed by atoms with Gasteiger partial charge in [0, 0.05) is 24.4 Å². The largest absolute Gasteiger partial charge is 0.507 e. The number of phenols is 1. The Labute approximate surface area is 105 Å². The molecule has 4 nitrogen and oxygen atoms in total. The number of hydrazone groups is 1. The second kappa shape index (κ2) is 4.49. The first-order valence-electron chi connectivity index (χ1n) is 5.85. The van der Waals surface area contributed by atoms with Gasteiger partial charge in [-0.15, -0.1) is 0 Å². The topological polar surface area (TPSA) is 57.5 Å². The maximum Gasteiger partial charge on any atom is 0.124 e. The van der Waals surface area contributed by atoms with Crippen molar-refractivity contribution in [2.45, 2.75) is 12.5 Å². The number of nitrogens with zero attached hydrogens (tertiary/aromatic N) is 2. The Hall–Kier alpha value is -2.36. The zero-order chi connectivity index (χ0) is 12.4. The van der Waals surface area contributed by atoms with Crippen molar-refractivity contribution in [2.24, 2.45) is 5.10 Å². The van der Waals surface area contributed by atoms with E-state index >= 15 is 0 Å². The molecule has 0 fully saturated rings. The fourth-order valence-corrected chi connectivity index (χ4v) is 2.12. The van der Waals surface area contributed by atoms with Crippen LogP contribution < -0.4 is 5.43 Å². The molecule has 0 saturated carbocycles.